The van der Waals surface area contributed by atoms with Gasteiger partial charge in [0.25, 0.3) is 0 Å². The SMILES string of the molecule is CCCc1nc(C(CCC)OCC)nc(NC)c1Br. The highest BCUT2D eigenvalue weighted by atomic mass is 79.9. The molecule has 0 aliphatic carbocycles. The van der Waals surface area contributed by atoms with Crippen molar-refractivity contribution in [3.8, 4) is 0 Å². The molecular weight excluding hydrogens is 306 g/mol. The Morgan fingerprint density at radius 1 is 1.21 bits per heavy atom. The van der Waals surface area contributed by atoms with Gasteiger partial charge in [-0.15, -0.1) is 0 Å². The molecular formula is C14H24BrN3O. The summed E-state index contributed by atoms with van der Waals surface area (Å²) >= 11 is 3.58. The maximum Gasteiger partial charge on any atom is 0.159 e. The highest BCUT2D eigenvalue weighted by Gasteiger charge is 2.18. The normalized spacial score (nSPS) is 12.5. The van der Waals surface area contributed by atoms with Crippen molar-refractivity contribution >= 4 is 21.7 Å². The summed E-state index contributed by atoms with van der Waals surface area (Å²) in [6.45, 7) is 6.99. The number of nitrogens with zero attached hydrogens (tertiary/aromatic N) is 2. The van der Waals surface area contributed by atoms with E-state index in [0.717, 1.165) is 47.5 Å². The Balaban J connectivity index is 3.13. The van der Waals surface area contributed by atoms with Gasteiger partial charge >= 0.3 is 0 Å². The zero-order chi connectivity index (χ0) is 14.3. The summed E-state index contributed by atoms with van der Waals surface area (Å²) in [5.74, 6) is 1.63. The topological polar surface area (TPSA) is 47.0 Å². The van der Waals surface area contributed by atoms with Crippen LogP contribution in [-0.4, -0.2) is 23.6 Å². The zero-order valence-corrected chi connectivity index (χ0v) is 13.9. The number of ether oxygens (including phenoxy) is 1. The van der Waals surface area contributed by atoms with Crippen molar-refractivity contribution in [2.24, 2.45) is 0 Å². The van der Waals surface area contributed by atoms with E-state index in [1.807, 2.05) is 14.0 Å². The van der Waals surface area contributed by atoms with Crippen LogP contribution in [0, 0.1) is 0 Å². The Bertz CT molecular complexity index is 393. The summed E-state index contributed by atoms with van der Waals surface area (Å²) < 4.78 is 6.74. The number of aryl methyl sites for hydroxylation is 1. The molecule has 0 saturated carbocycles. The lowest BCUT2D eigenvalue weighted by molar-refractivity contribution is 0.0493. The molecule has 0 aliphatic rings. The van der Waals surface area contributed by atoms with Crippen LogP contribution in [0.25, 0.3) is 0 Å². The van der Waals surface area contributed by atoms with E-state index in [0.29, 0.717) is 6.61 Å². The first-order chi connectivity index (χ1) is 9.17. The average Bonchev–Trinajstić information content (AvgIpc) is 2.41. The molecule has 0 amide bonds. The number of nitrogens with one attached hydrogen (secondary N) is 1. The predicted octanol–water partition coefficient (Wildman–Crippen LogP) is 4.11. The summed E-state index contributed by atoms with van der Waals surface area (Å²) in [5.41, 5.74) is 1.05. The first-order valence-corrected chi connectivity index (χ1v) is 7.82. The molecule has 4 nitrogen and oxygen atoms in total. The molecule has 108 valence electrons. The third-order valence-corrected chi connectivity index (χ3v) is 3.70. The van der Waals surface area contributed by atoms with Crippen LogP contribution in [0.1, 0.15) is 57.7 Å². The fraction of sp³-hybridized carbons (Fsp3) is 0.714. The van der Waals surface area contributed by atoms with Crippen molar-refractivity contribution in [1.82, 2.24) is 9.97 Å². The molecule has 1 unspecified atom stereocenters. The largest absolute Gasteiger partial charge is 0.372 e. The number of hydrogen-bond donors (Lipinski definition) is 1. The van der Waals surface area contributed by atoms with E-state index >= 15 is 0 Å². The molecule has 1 N–H and O–H groups in total. The first-order valence-electron chi connectivity index (χ1n) is 7.03. The van der Waals surface area contributed by atoms with E-state index in [4.69, 9.17) is 4.74 Å². The second-order valence-corrected chi connectivity index (χ2v) is 5.22. The van der Waals surface area contributed by atoms with Gasteiger partial charge in [0.05, 0.1) is 10.2 Å². The van der Waals surface area contributed by atoms with Gasteiger partial charge in [-0.1, -0.05) is 26.7 Å². The number of hydrogen-bond acceptors (Lipinski definition) is 4. The standard InChI is InChI=1S/C14H24BrN3O/c1-5-8-10-12(15)14(16-4)18-13(17-10)11(9-6-2)19-7-3/h11H,5-9H2,1-4H3,(H,16,17,18). The minimum atomic E-state index is -0.00851. The van der Waals surface area contributed by atoms with Gasteiger partial charge < -0.3 is 10.1 Å². The predicted molar refractivity (Wildman–Crippen MR) is 82.5 cm³/mol. The fourth-order valence-corrected chi connectivity index (χ4v) is 2.55. The van der Waals surface area contributed by atoms with Crippen molar-refractivity contribution in [3.63, 3.8) is 0 Å². The highest BCUT2D eigenvalue weighted by molar-refractivity contribution is 9.10. The van der Waals surface area contributed by atoms with Crippen molar-refractivity contribution in [1.29, 1.82) is 0 Å². The Kier molecular flexibility index (Phi) is 7.31. The number of rotatable bonds is 8. The molecule has 1 aromatic rings. The van der Waals surface area contributed by atoms with Crippen LogP contribution in [0.4, 0.5) is 5.82 Å². The van der Waals surface area contributed by atoms with Crippen LogP contribution >= 0.6 is 15.9 Å². The quantitative estimate of drug-likeness (QED) is 0.779. The Morgan fingerprint density at radius 3 is 2.47 bits per heavy atom. The maximum atomic E-state index is 5.77. The van der Waals surface area contributed by atoms with Crippen LogP contribution in [0.2, 0.25) is 0 Å². The molecule has 0 spiro atoms. The van der Waals surface area contributed by atoms with Crippen LogP contribution < -0.4 is 5.32 Å². The van der Waals surface area contributed by atoms with Gasteiger partial charge in [0, 0.05) is 13.7 Å². The molecule has 19 heavy (non-hydrogen) atoms. The lowest BCUT2D eigenvalue weighted by Crippen LogP contribution is -2.12. The van der Waals surface area contributed by atoms with Gasteiger partial charge in [-0.2, -0.15) is 0 Å². The third-order valence-electron chi connectivity index (χ3n) is 2.87. The molecule has 1 aromatic heterocycles. The zero-order valence-electron chi connectivity index (χ0n) is 12.3. The molecule has 1 atom stereocenters. The average molecular weight is 330 g/mol. The molecule has 5 heteroatoms. The van der Waals surface area contributed by atoms with Gasteiger partial charge in [-0.05, 0) is 35.7 Å². The van der Waals surface area contributed by atoms with Crippen molar-refractivity contribution in [2.75, 3.05) is 19.0 Å². The fourth-order valence-electron chi connectivity index (χ4n) is 1.98. The molecule has 0 aromatic carbocycles. The van der Waals surface area contributed by atoms with Gasteiger partial charge in [0.1, 0.15) is 11.9 Å². The van der Waals surface area contributed by atoms with Gasteiger partial charge in [0.15, 0.2) is 5.82 Å². The van der Waals surface area contributed by atoms with E-state index in [1.54, 1.807) is 0 Å². The van der Waals surface area contributed by atoms with Crippen LogP contribution in [0.15, 0.2) is 4.47 Å². The van der Waals surface area contributed by atoms with Gasteiger partial charge in [-0.3, -0.25) is 0 Å². The lowest BCUT2D eigenvalue weighted by atomic mass is 10.1. The van der Waals surface area contributed by atoms with E-state index in [1.165, 1.54) is 0 Å². The van der Waals surface area contributed by atoms with E-state index < -0.39 is 0 Å². The molecule has 0 radical (unpaired) electrons. The van der Waals surface area contributed by atoms with Crippen molar-refractivity contribution in [3.05, 3.63) is 16.0 Å². The second kappa shape index (κ2) is 8.48. The van der Waals surface area contributed by atoms with E-state index in [9.17, 15) is 0 Å². The van der Waals surface area contributed by atoms with Crippen molar-refractivity contribution < 1.29 is 4.74 Å². The van der Waals surface area contributed by atoms with E-state index in [2.05, 4.69) is 45.1 Å². The number of aromatic nitrogens is 2. The van der Waals surface area contributed by atoms with Crippen LogP contribution in [0.5, 0.6) is 0 Å². The van der Waals surface area contributed by atoms with Crippen molar-refractivity contribution in [2.45, 2.75) is 52.6 Å². The smallest absolute Gasteiger partial charge is 0.159 e. The maximum absolute atomic E-state index is 5.77. The van der Waals surface area contributed by atoms with E-state index in [-0.39, 0.29) is 6.10 Å². The van der Waals surface area contributed by atoms with Crippen LogP contribution in [-0.2, 0) is 11.2 Å². The number of halogens is 1. The second-order valence-electron chi connectivity index (χ2n) is 4.42. The Hall–Kier alpha value is -0.680. The minimum absolute atomic E-state index is 0.00851. The molecule has 0 saturated heterocycles. The summed E-state index contributed by atoms with van der Waals surface area (Å²) in [7, 11) is 1.88. The molecule has 0 fully saturated rings. The molecule has 0 bridgehead atoms. The lowest BCUT2D eigenvalue weighted by Gasteiger charge is -2.18. The molecule has 1 rings (SSSR count). The summed E-state index contributed by atoms with van der Waals surface area (Å²) in [6, 6.07) is 0. The first kappa shape index (κ1) is 16.4. The number of anilines is 1. The molecule has 0 aliphatic heterocycles. The molecule has 1 heterocycles. The Morgan fingerprint density at radius 2 is 1.95 bits per heavy atom. The van der Waals surface area contributed by atoms with Gasteiger partial charge in [0.2, 0.25) is 0 Å². The van der Waals surface area contributed by atoms with Crippen LogP contribution in [0.3, 0.4) is 0 Å². The summed E-state index contributed by atoms with van der Waals surface area (Å²) in [4.78, 5) is 9.26. The summed E-state index contributed by atoms with van der Waals surface area (Å²) in [6.07, 6.45) is 4.00. The third kappa shape index (κ3) is 4.42. The Labute approximate surface area is 124 Å². The highest BCUT2D eigenvalue weighted by Crippen LogP contribution is 2.28. The van der Waals surface area contributed by atoms with Gasteiger partial charge in [-0.25, -0.2) is 9.97 Å². The summed E-state index contributed by atoms with van der Waals surface area (Å²) in [5, 5.41) is 3.12. The minimum Gasteiger partial charge on any atom is -0.372 e. The monoisotopic (exact) mass is 329 g/mol.